The lowest BCUT2D eigenvalue weighted by molar-refractivity contribution is -0.870. The lowest BCUT2D eigenvalue weighted by Crippen LogP contribution is -2.45. The predicted octanol–water partition coefficient (Wildman–Crippen LogP) is 12.4. The van der Waals surface area contributed by atoms with E-state index in [0.717, 1.165) is 64.2 Å². The number of allylic oxidation sites excluding steroid dienone is 9. The molecule has 0 saturated carbocycles. The number of aliphatic hydroxyl groups excluding tert-OH is 1. The molecule has 0 rings (SSSR count). The summed E-state index contributed by atoms with van der Waals surface area (Å²) < 4.78 is 23.2. The maximum Gasteiger partial charge on any atom is 0.268 e. The van der Waals surface area contributed by atoms with E-state index in [1.165, 1.54) is 103 Å². The van der Waals surface area contributed by atoms with Crippen LogP contribution in [0.15, 0.2) is 60.8 Å². The van der Waals surface area contributed by atoms with Gasteiger partial charge >= 0.3 is 0 Å². The summed E-state index contributed by atoms with van der Waals surface area (Å²) in [5.74, 6) is -0.222. The lowest BCUT2D eigenvalue weighted by atomic mass is 10.1. The van der Waals surface area contributed by atoms with E-state index >= 15 is 0 Å². The van der Waals surface area contributed by atoms with Crippen LogP contribution in [0.2, 0.25) is 0 Å². The molecule has 332 valence electrons. The highest BCUT2D eigenvalue weighted by Gasteiger charge is 2.23. The van der Waals surface area contributed by atoms with Gasteiger partial charge < -0.3 is 28.8 Å². The van der Waals surface area contributed by atoms with Gasteiger partial charge in [0, 0.05) is 6.42 Å². The Labute approximate surface area is 351 Å². The van der Waals surface area contributed by atoms with Gasteiger partial charge in [-0.05, 0) is 77.0 Å². The number of unbranched alkanes of at least 4 members (excludes halogenated alkanes) is 20. The molecule has 57 heavy (non-hydrogen) atoms. The molecule has 0 saturated heterocycles. The van der Waals surface area contributed by atoms with E-state index in [4.69, 9.17) is 9.05 Å². The van der Waals surface area contributed by atoms with Gasteiger partial charge in [0.25, 0.3) is 7.82 Å². The van der Waals surface area contributed by atoms with Crippen molar-refractivity contribution in [1.29, 1.82) is 0 Å². The van der Waals surface area contributed by atoms with Gasteiger partial charge in [0.1, 0.15) is 13.2 Å². The number of likely N-dealkylation sites (N-methyl/N-ethyl adjacent to an activating group) is 1. The van der Waals surface area contributed by atoms with E-state index in [9.17, 15) is 19.4 Å². The Morgan fingerprint density at radius 3 is 1.56 bits per heavy atom. The van der Waals surface area contributed by atoms with Crippen LogP contribution in [0.25, 0.3) is 0 Å². The zero-order valence-corrected chi connectivity index (χ0v) is 38.4. The molecule has 1 amide bonds. The van der Waals surface area contributed by atoms with E-state index in [2.05, 4.69) is 67.8 Å². The van der Waals surface area contributed by atoms with Crippen LogP contribution in [0, 0.1) is 0 Å². The van der Waals surface area contributed by atoms with Crippen LogP contribution in [0.4, 0.5) is 0 Å². The minimum Gasteiger partial charge on any atom is -0.756 e. The molecule has 0 bridgehead atoms. The summed E-state index contributed by atoms with van der Waals surface area (Å²) in [7, 11) is 1.22. The third kappa shape index (κ3) is 42.1. The van der Waals surface area contributed by atoms with Gasteiger partial charge in [0.05, 0.1) is 39.9 Å². The molecular formula is C48H89N2O6P. The van der Waals surface area contributed by atoms with Gasteiger partial charge in [0.2, 0.25) is 5.91 Å². The third-order valence-corrected chi connectivity index (χ3v) is 10.9. The first-order chi connectivity index (χ1) is 27.5. The summed E-state index contributed by atoms with van der Waals surface area (Å²) in [5, 5.41) is 13.8. The SMILES string of the molecule is CCCCC/C=C\C/C=C\CCCCCCCCCC(=O)NC(COP(=O)([O-])OCC[N+](C)(C)C)C(O)/C=C/CC/C=C/CC/C=C/CCCCCCCCCC. The van der Waals surface area contributed by atoms with Gasteiger partial charge in [-0.25, -0.2) is 0 Å². The van der Waals surface area contributed by atoms with E-state index in [1.54, 1.807) is 6.08 Å². The molecule has 0 aromatic rings. The topological polar surface area (TPSA) is 108 Å². The van der Waals surface area contributed by atoms with Gasteiger partial charge in [-0.15, -0.1) is 0 Å². The van der Waals surface area contributed by atoms with Crippen LogP contribution in [0.1, 0.15) is 187 Å². The molecule has 0 aliphatic carbocycles. The number of carbonyl (C=O) groups is 1. The molecule has 0 aliphatic heterocycles. The first-order valence-electron chi connectivity index (χ1n) is 23.2. The highest BCUT2D eigenvalue weighted by molar-refractivity contribution is 7.45. The summed E-state index contributed by atoms with van der Waals surface area (Å²) >= 11 is 0. The minimum atomic E-state index is -4.60. The summed E-state index contributed by atoms with van der Waals surface area (Å²) in [5.41, 5.74) is 0. The standard InChI is InChI=1S/C48H89N2O6P/c1-6-8-10-12-14-16-18-20-22-24-26-27-29-31-33-35-37-39-41-47(51)46(45-56-57(53,54)55-44-43-50(3,4)5)49-48(52)42-40-38-36-34-32-30-28-25-23-21-19-17-15-13-11-9-7-2/h15,17,21,23-24,26,31,33,39,41,46-47,51H,6-14,16,18-20,22,25,27-30,32,34-38,40,42-45H2,1-5H3,(H-,49,52,53,54)/b17-15-,23-21-,26-24+,33-31+,41-39+. The normalized spacial score (nSPS) is 14.9. The predicted molar refractivity (Wildman–Crippen MR) is 242 cm³/mol. The number of carbonyl (C=O) groups excluding carboxylic acids is 1. The van der Waals surface area contributed by atoms with E-state index in [-0.39, 0.29) is 12.5 Å². The van der Waals surface area contributed by atoms with E-state index in [1.807, 2.05) is 27.2 Å². The third-order valence-electron chi connectivity index (χ3n) is 9.93. The Bertz CT molecular complexity index is 1110. The number of nitrogens with one attached hydrogen (secondary N) is 1. The van der Waals surface area contributed by atoms with Crippen molar-refractivity contribution in [3.63, 3.8) is 0 Å². The van der Waals surface area contributed by atoms with Crippen molar-refractivity contribution in [3.05, 3.63) is 60.8 Å². The van der Waals surface area contributed by atoms with Crippen molar-refractivity contribution < 1.29 is 32.9 Å². The van der Waals surface area contributed by atoms with Gasteiger partial charge in [0.15, 0.2) is 0 Å². The Kier molecular flexibility index (Phi) is 38.4. The number of phosphoric acid groups is 1. The molecule has 0 aromatic carbocycles. The van der Waals surface area contributed by atoms with Crippen molar-refractivity contribution >= 4 is 13.7 Å². The molecule has 0 heterocycles. The summed E-state index contributed by atoms with van der Waals surface area (Å²) in [6.07, 6.45) is 51.2. The molecule has 0 radical (unpaired) electrons. The zero-order chi connectivity index (χ0) is 42.1. The highest BCUT2D eigenvalue weighted by Crippen LogP contribution is 2.38. The average Bonchev–Trinajstić information content (AvgIpc) is 3.16. The zero-order valence-electron chi connectivity index (χ0n) is 37.5. The Balaban J connectivity index is 4.51. The van der Waals surface area contributed by atoms with Gasteiger partial charge in [-0.3, -0.25) is 9.36 Å². The number of phosphoric ester groups is 1. The van der Waals surface area contributed by atoms with Crippen molar-refractivity contribution in [2.24, 2.45) is 0 Å². The maximum absolute atomic E-state index is 12.9. The van der Waals surface area contributed by atoms with Crippen molar-refractivity contribution in [2.75, 3.05) is 40.9 Å². The number of hydrogen-bond acceptors (Lipinski definition) is 6. The Morgan fingerprint density at radius 1 is 0.614 bits per heavy atom. The molecule has 9 heteroatoms. The second-order valence-electron chi connectivity index (χ2n) is 16.7. The molecule has 3 unspecified atom stereocenters. The van der Waals surface area contributed by atoms with E-state index < -0.39 is 26.6 Å². The number of rotatable bonds is 41. The fraction of sp³-hybridized carbons (Fsp3) is 0.771. The molecule has 0 fully saturated rings. The second-order valence-corrected chi connectivity index (χ2v) is 18.1. The smallest absolute Gasteiger partial charge is 0.268 e. The number of aliphatic hydroxyl groups is 1. The van der Waals surface area contributed by atoms with Crippen molar-refractivity contribution in [2.45, 2.75) is 199 Å². The summed E-state index contributed by atoms with van der Waals surface area (Å²) in [6.45, 7) is 4.57. The molecule has 2 N–H and O–H groups in total. The summed E-state index contributed by atoms with van der Waals surface area (Å²) in [4.78, 5) is 25.3. The largest absolute Gasteiger partial charge is 0.756 e. The summed E-state index contributed by atoms with van der Waals surface area (Å²) in [6, 6.07) is -0.915. The number of amides is 1. The molecule has 8 nitrogen and oxygen atoms in total. The fourth-order valence-electron chi connectivity index (χ4n) is 6.21. The lowest BCUT2D eigenvalue weighted by Gasteiger charge is -2.29. The van der Waals surface area contributed by atoms with Crippen molar-refractivity contribution in [1.82, 2.24) is 5.32 Å². The quantitative estimate of drug-likeness (QED) is 0.0275. The number of quaternary nitrogens is 1. The van der Waals surface area contributed by atoms with Crippen LogP contribution in [0.3, 0.4) is 0 Å². The van der Waals surface area contributed by atoms with E-state index in [0.29, 0.717) is 17.4 Å². The molecule has 3 atom stereocenters. The molecule has 0 spiro atoms. The average molecular weight is 821 g/mol. The van der Waals surface area contributed by atoms with Crippen LogP contribution >= 0.6 is 7.82 Å². The molecular weight excluding hydrogens is 732 g/mol. The number of nitrogens with zero attached hydrogens (tertiary/aromatic N) is 1. The van der Waals surface area contributed by atoms with Crippen LogP contribution in [-0.4, -0.2) is 68.5 Å². The highest BCUT2D eigenvalue weighted by atomic mass is 31.2. The minimum absolute atomic E-state index is 0.0129. The molecule has 0 aliphatic rings. The second kappa shape index (κ2) is 39.6. The number of hydrogen-bond donors (Lipinski definition) is 2. The van der Waals surface area contributed by atoms with Crippen LogP contribution in [0.5, 0.6) is 0 Å². The first-order valence-corrected chi connectivity index (χ1v) is 24.6. The van der Waals surface area contributed by atoms with Gasteiger partial charge in [-0.1, -0.05) is 164 Å². The van der Waals surface area contributed by atoms with Crippen LogP contribution in [-0.2, 0) is 18.4 Å². The van der Waals surface area contributed by atoms with Crippen molar-refractivity contribution in [3.8, 4) is 0 Å². The monoisotopic (exact) mass is 821 g/mol. The maximum atomic E-state index is 12.9. The Hall–Kier alpha value is -1.80. The van der Waals surface area contributed by atoms with Crippen LogP contribution < -0.4 is 10.2 Å². The first kappa shape index (κ1) is 55.2. The molecule has 0 aromatic heterocycles. The Morgan fingerprint density at radius 2 is 1.04 bits per heavy atom. The fourth-order valence-corrected chi connectivity index (χ4v) is 6.94. The van der Waals surface area contributed by atoms with Gasteiger partial charge in [-0.2, -0.15) is 0 Å².